The van der Waals surface area contributed by atoms with E-state index in [9.17, 15) is 13.2 Å². The molecule has 0 aliphatic carbocycles. The molecular weight excluding hydrogens is 437 g/mol. The smallest absolute Gasteiger partial charge is 0.351 e. The lowest BCUT2D eigenvalue weighted by molar-refractivity contribution is -0.149. The Bertz CT molecular complexity index is 1260. The molecule has 13 heteroatoms. The van der Waals surface area contributed by atoms with Crippen molar-refractivity contribution in [3.8, 4) is 11.1 Å². The lowest BCUT2D eigenvalue weighted by Crippen LogP contribution is -2.47. The molecule has 1 aliphatic rings. The van der Waals surface area contributed by atoms with Gasteiger partial charge in [0.2, 0.25) is 5.95 Å². The van der Waals surface area contributed by atoms with Gasteiger partial charge in [0.05, 0.1) is 6.20 Å². The van der Waals surface area contributed by atoms with Gasteiger partial charge in [-0.25, -0.2) is 19.5 Å². The molecule has 33 heavy (non-hydrogen) atoms. The fraction of sp³-hybridized carbons (Fsp3) is 0.350. The third-order valence-corrected chi connectivity index (χ3v) is 5.66. The van der Waals surface area contributed by atoms with Crippen molar-refractivity contribution in [2.45, 2.75) is 12.2 Å². The summed E-state index contributed by atoms with van der Waals surface area (Å²) >= 11 is 0. The SMILES string of the molecule is Cn1cc(-c2cc3c(N4CCN(c5ncc(C(N)C(F)(F)F)cn5)CC4)ncnn3c2)cn1. The summed E-state index contributed by atoms with van der Waals surface area (Å²) in [6.45, 7) is 2.48. The van der Waals surface area contributed by atoms with E-state index in [1.54, 1.807) is 15.4 Å². The van der Waals surface area contributed by atoms with Crippen LogP contribution in [0.25, 0.3) is 16.6 Å². The second kappa shape index (κ2) is 7.99. The summed E-state index contributed by atoms with van der Waals surface area (Å²) < 4.78 is 41.9. The van der Waals surface area contributed by atoms with Gasteiger partial charge in [-0.1, -0.05) is 0 Å². The van der Waals surface area contributed by atoms with Gasteiger partial charge in [0, 0.05) is 74.7 Å². The highest BCUT2D eigenvalue weighted by Crippen LogP contribution is 2.30. The number of piperazine rings is 1. The van der Waals surface area contributed by atoms with Gasteiger partial charge in [0.1, 0.15) is 17.9 Å². The lowest BCUT2D eigenvalue weighted by Gasteiger charge is -2.35. The minimum absolute atomic E-state index is 0.161. The Kier molecular flexibility index (Phi) is 5.12. The van der Waals surface area contributed by atoms with E-state index in [0.29, 0.717) is 32.1 Å². The molecule has 172 valence electrons. The number of hydrogen-bond donors (Lipinski definition) is 1. The van der Waals surface area contributed by atoms with Gasteiger partial charge in [-0.15, -0.1) is 0 Å². The highest BCUT2D eigenvalue weighted by atomic mass is 19.4. The van der Waals surface area contributed by atoms with Crippen molar-refractivity contribution >= 4 is 17.3 Å². The van der Waals surface area contributed by atoms with E-state index < -0.39 is 12.2 Å². The Morgan fingerprint density at radius 1 is 0.909 bits per heavy atom. The van der Waals surface area contributed by atoms with Crippen molar-refractivity contribution in [3.63, 3.8) is 0 Å². The number of fused-ring (bicyclic) bond motifs is 1. The second-order valence-electron chi connectivity index (χ2n) is 7.85. The van der Waals surface area contributed by atoms with Crippen molar-refractivity contribution in [2.75, 3.05) is 36.0 Å². The van der Waals surface area contributed by atoms with Crippen LogP contribution in [0, 0.1) is 0 Å². The van der Waals surface area contributed by atoms with E-state index in [2.05, 4.69) is 30.0 Å². The number of aromatic nitrogens is 7. The van der Waals surface area contributed by atoms with Crippen molar-refractivity contribution in [1.82, 2.24) is 34.3 Å². The quantitative estimate of drug-likeness (QED) is 0.494. The number of nitrogens with zero attached hydrogens (tertiary/aromatic N) is 9. The summed E-state index contributed by atoms with van der Waals surface area (Å²) in [5.74, 6) is 1.19. The number of rotatable bonds is 4. The van der Waals surface area contributed by atoms with E-state index in [0.717, 1.165) is 34.9 Å². The van der Waals surface area contributed by atoms with E-state index in [1.165, 1.54) is 6.33 Å². The number of hydrogen-bond acceptors (Lipinski definition) is 8. The molecule has 4 aromatic heterocycles. The summed E-state index contributed by atoms with van der Waals surface area (Å²) in [4.78, 5) is 16.8. The molecule has 0 spiro atoms. The van der Waals surface area contributed by atoms with Gasteiger partial charge in [-0.2, -0.15) is 23.4 Å². The highest BCUT2D eigenvalue weighted by molar-refractivity contribution is 5.77. The van der Waals surface area contributed by atoms with Crippen molar-refractivity contribution in [3.05, 3.63) is 48.9 Å². The third-order valence-electron chi connectivity index (χ3n) is 5.66. The molecule has 0 saturated carbocycles. The molecule has 1 unspecified atom stereocenters. The van der Waals surface area contributed by atoms with Crippen LogP contribution in [0.15, 0.2) is 43.4 Å². The minimum atomic E-state index is -4.53. The molecule has 0 radical (unpaired) electrons. The third kappa shape index (κ3) is 4.06. The predicted octanol–water partition coefficient (Wildman–Crippen LogP) is 1.81. The van der Waals surface area contributed by atoms with Gasteiger partial charge in [-0.3, -0.25) is 4.68 Å². The number of anilines is 2. The largest absolute Gasteiger partial charge is 0.407 e. The van der Waals surface area contributed by atoms with Crippen LogP contribution in [-0.4, -0.2) is 66.7 Å². The van der Waals surface area contributed by atoms with Gasteiger partial charge < -0.3 is 15.5 Å². The lowest BCUT2D eigenvalue weighted by atomic mass is 10.1. The molecular formula is C20H21F3N10. The Balaban J connectivity index is 1.31. The molecule has 1 saturated heterocycles. The summed E-state index contributed by atoms with van der Waals surface area (Å²) in [5.41, 5.74) is 7.93. The average molecular weight is 458 g/mol. The molecule has 1 fully saturated rings. The van der Waals surface area contributed by atoms with Crippen molar-refractivity contribution < 1.29 is 13.2 Å². The van der Waals surface area contributed by atoms with Gasteiger partial charge in [-0.05, 0) is 6.07 Å². The van der Waals surface area contributed by atoms with Crippen LogP contribution in [0.5, 0.6) is 0 Å². The molecule has 1 aliphatic heterocycles. The fourth-order valence-electron chi connectivity index (χ4n) is 3.85. The first-order valence-corrected chi connectivity index (χ1v) is 10.3. The molecule has 0 bridgehead atoms. The number of nitrogens with two attached hydrogens (primary N) is 1. The second-order valence-corrected chi connectivity index (χ2v) is 7.85. The first kappa shape index (κ1) is 21.1. The zero-order chi connectivity index (χ0) is 23.2. The number of alkyl halides is 3. The zero-order valence-electron chi connectivity index (χ0n) is 17.7. The minimum Gasteiger partial charge on any atom is -0.351 e. The number of aryl methyl sites for hydroxylation is 1. The van der Waals surface area contributed by atoms with Crippen LogP contribution in [0.4, 0.5) is 24.9 Å². The summed E-state index contributed by atoms with van der Waals surface area (Å²) in [6.07, 6.45) is 4.95. The standard InChI is InChI=1S/C20H21F3N10/c1-30-10-15(9-28-30)13-6-16-18(27-12-29-33(16)11-13)31-2-4-32(5-3-31)19-25-7-14(8-26-19)17(24)20(21,22)23/h6-12,17H,2-5,24H2,1H3. The molecule has 2 N–H and O–H groups in total. The normalized spacial score (nSPS) is 15.9. The first-order chi connectivity index (χ1) is 15.8. The Labute approximate surface area is 186 Å². The van der Waals surface area contributed by atoms with Crippen molar-refractivity contribution in [2.24, 2.45) is 12.8 Å². The van der Waals surface area contributed by atoms with Gasteiger partial charge in [0.15, 0.2) is 5.82 Å². The molecule has 10 nitrogen and oxygen atoms in total. The highest BCUT2D eigenvalue weighted by Gasteiger charge is 2.38. The maximum atomic E-state index is 12.8. The molecule has 0 amide bonds. The van der Waals surface area contributed by atoms with Crippen LogP contribution in [0.3, 0.4) is 0 Å². The predicted molar refractivity (Wildman–Crippen MR) is 115 cm³/mol. The Hall–Kier alpha value is -3.74. The topological polar surface area (TPSA) is 106 Å². The summed E-state index contributed by atoms with van der Waals surface area (Å²) in [7, 11) is 1.87. The molecule has 4 aromatic rings. The fourth-order valence-corrected chi connectivity index (χ4v) is 3.85. The summed E-state index contributed by atoms with van der Waals surface area (Å²) in [6, 6.07) is -0.0630. The van der Waals surface area contributed by atoms with E-state index >= 15 is 0 Å². The Morgan fingerprint density at radius 3 is 2.24 bits per heavy atom. The van der Waals surface area contributed by atoms with Crippen LogP contribution in [0.1, 0.15) is 11.6 Å². The molecule has 5 rings (SSSR count). The van der Waals surface area contributed by atoms with E-state index in [-0.39, 0.29) is 5.56 Å². The number of halogens is 3. The maximum absolute atomic E-state index is 12.8. The van der Waals surface area contributed by atoms with E-state index in [4.69, 9.17) is 5.73 Å². The first-order valence-electron chi connectivity index (χ1n) is 10.3. The molecule has 0 aromatic carbocycles. The zero-order valence-corrected chi connectivity index (χ0v) is 17.7. The van der Waals surface area contributed by atoms with Gasteiger partial charge >= 0.3 is 6.18 Å². The molecule has 1 atom stereocenters. The van der Waals surface area contributed by atoms with Gasteiger partial charge in [0.25, 0.3) is 0 Å². The Morgan fingerprint density at radius 2 is 1.61 bits per heavy atom. The van der Waals surface area contributed by atoms with Crippen LogP contribution in [0.2, 0.25) is 0 Å². The van der Waals surface area contributed by atoms with Crippen LogP contribution < -0.4 is 15.5 Å². The summed E-state index contributed by atoms with van der Waals surface area (Å²) in [5, 5.41) is 8.54. The molecule has 5 heterocycles. The maximum Gasteiger partial charge on any atom is 0.407 e. The van der Waals surface area contributed by atoms with Crippen LogP contribution >= 0.6 is 0 Å². The monoisotopic (exact) mass is 458 g/mol. The van der Waals surface area contributed by atoms with Crippen LogP contribution in [-0.2, 0) is 7.05 Å². The average Bonchev–Trinajstić information content (AvgIpc) is 3.44. The van der Waals surface area contributed by atoms with Crippen molar-refractivity contribution in [1.29, 1.82) is 0 Å². The van der Waals surface area contributed by atoms with E-state index in [1.807, 2.05) is 30.4 Å².